The maximum absolute atomic E-state index is 12.5. The van der Waals surface area contributed by atoms with E-state index in [2.05, 4.69) is 5.32 Å². The minimum absolute atomic E-state index is 0.145. The summed E-state index contributed by atoms with van der Waals surface area (Å²) in [6, 6.07) is 20.3. The lowest BCUT2D eigenvalue weighted by Crippen LogP contribution is -2.16. The van der Waals surface area contributed by atoms with Crippen LogP contribution in [0.25, 0.3) is 10.4 Å². The van der Waals surface area contributed by atoms with Crippen molar-refractivity contribution in [2.24, 2.45) is 0 Å². The van der Waals surface area contributed by atoms with Crippen LogP contribution in [-0.4, -0.2) is 18.5 Å². The standard InChI is InChI=1S/C22H18N2O3S/c1-2-27-22(26)18-13-19(17-6-4-3-5-7-17)28-21(18)24-20(25)12-15-8-10-16(14-23)11-9-15/h3-11,13H,2,12H2,1H3,(H,24,25). The molecule has 6 heteroatoms. The normalized spacial score (nSPS) is 10.1. The summed E-state index contributed by atoms with van der Waals surface area (Å²) in [6.07, 6.45) is 0.145. The quantitative estimate of drug-likeness (QED) is 0.622. The number of rotatable bonds is 6. The second-order valence-electron chi connectivity index (χ2n) is 5.97. The number of hydrogen-bond donors (Lipinski definition) is 1. The van der Waals surface area contributed by atoms with Crippen molar-refractivity contribution in [1.82, 2.24) is 0 Å². The van der Waals surface area contributed by atoms with Gasteiger partial charge in [0.15, 0.2) is 0 Å². The van der Waals surface area contributed by atoms with Gasteiger partial charge in [-0.25, -0.2) is 4.79 Å². The molecule has 140 valence electrons. The minimum atomic E-state index is -0.463. The first-order chi connectivity index (χ1) is 13.6. The number of carbonyl (C=O) groups is 2. The number of amides is 1. The van der Waals surface area contributed by atoms with Crippen molar-refractivity contribution in [2.75, 3.05) is 11.9 Å². The molecule has 3 aromatic rings. The van der Waals surface area contributed by atoms with E-state index in [1.807, 2.05) is 36.4 Å². The van der Waals surface area contributed by atoms with E-state index in [4.69, 9.17) is 10.00 Å². The molecule has 0 saturated heterocycles. The van der Waals surface area contributed by atoms with Gasteiger partial charge in [0.25, 0.3) is 0 Å². The molecule has 0 bridgehead atoms. The molecule has 1 N–H and O–H groups in total. The largest absolute Gasteiger partial charge is 0.462 e. The van der Waals surface area contributed by atoms with Crippen molar-refractivity contribution in [3.8, 4) is 16.5 Å². The Hall–Kier alpha value is -3.43. The molecule has 0 unspecified atom stereocenters. The molecule has 5 nitrogen and oxygen atoms in total. The SMILES string of the molecule is CCOC(=O)c1cc(-c2ccccc2)sc1NC(=O)Cc1ccc(C#N)cc1. The summed E-state index contributed by atoms with van der Waals surface area (Å²) in [4.78, 5) is 25.7. The van der Waals surface area contributed by atoms with Gasteiger partial charge in [0.1, 0.15) is 5.00 Å². The summed E-state index contributed by atoms with van der Waals surface area (Å²) in [5, 5.41) is 12.2. The number of nitriles is 1. The summed E-state index contributed by atoms with van der Waals surface area (Å²) in [5.41, 5.74) is 2.64. The highest BCUT2D eigenvalue weighted by molar-refractivity contribution is 7.20. The smallest absolute Gasteiger partial charge is 0.341 e. The summed E-state index contributed by atoms with van der Waals surface area (Å²) < 4.78 is 5.13. The van der Waals surface area contributed by atoms with Crippen molar-refractivity contribution >= 4 is 28.2 Å². The molecule has 0 fully saturated rings. The first-order valence-corrected chi connectivity index (χ1v) is 9.57. The zero-order chi connectivity index (χ0) is 19.9. The maximum atomic E-state index is 12.5. The van der Waals surface area contributed by atoms with Crippen LogP contribution < -0.4 is 5.32 Å². The van der Waals surface area contributed by atoms with Gasteiger partial charge in [-0.2, -0.15) is 5.26 Å². The number of benzene rings is 2. The van der Waals surface area contributed by atoms with Crippen LogP contribution in [0.2, 0.25) is 0 Å². The number of thiophene rings is 1. The molecule has 28 heavy (non-hydrogen) atoms. The van der Waals surface area contributed by atoms with E-state index >= 15 is 0 Å². The second kappa shape index (κ2) is 8.98. The first kappa shape index (κ1) is 19.3. The van der Waals surface area contributed by atoms with Gasteiger partial charge in [-0.05, 0) is 36.2 Å². The third kappa shape index (κ3) is 4.64. The predicted molar refractivity (Wildman–Crippen MR) is 109 cm³/mol. The van der Waals surface area contributed by atoms with E-state index < -0.39 is 5.97 Å². The van der Waals surface area contributed by atoms with Gasteiger partial charge in [-0.3, -0.25) is 4.79 Å². The Morgan fingerprint density at radius 3 is 2.46 bits per heavy atom. The first-order valence-electron chi connectivity index (χ1n) is 8.76. The molecule has 1 amide bonds. The molecule has 0 aliphatic heterocycles. The number of esters is 1. The minimum Gasteiger partial charge on any atom is -0.462 e. The number of nitrogens with one attached hydrogen (secondary N) is 1. The average molecular weight is 390 g/mol. The van der Waals surface area contributed by atoms with E-state index in [0.717, 1.165) is 16.0 Å². The molecule has 0 spiro atoms. The van der Waals surface area contributed by atoms with Gasteiger partial charge in [0.05, 0.1) is 30.2 Å². The van der Waals surface area contributed by atoms with Gasteiger partial charge in [0, 0.05) is 4.88 Å². The summed E-state index contributed by atoms with van der Waals surface area (Å²) in [6.45, 7) is 2.00. The lowest BCUT2D eigenvalue weighted by Gasteiger charge is -2.06. The van der Waals surface area contributed by atoms with Crippen LogP contribution in [0.4, 0.5) is 5.00 Å². The molecule has 1 aromatic heterocycles. The lowest BCUT2D eigenvalue weighted by atomic mass is 10.1. The molecular weight excluding hydrogens is 372 g/mol. The Bertz CT molecular complexity index is 1020. The molecule has 0 atom stereocenters. The van der Waals surface area contributed by atoms with E-state index in [9.17, 15) is 9.59 Å². The van der Waals surface area contributed by atoms with Crippen molar-refractivity contribution in [2.45, 2.75) is 13.3 Å². The topological polar surface area (TPSA) is 79.2 Å². The third-order valence-electron chi connectivity index (χ3n) is 3.99. The van der Waals surface area contributed by atoms with Gasteiger partial charge in [0.2, 0.25) is 5.91 Å². The van der Waals surface area contributed by atoms with E-state index in [1.54, 1.807) is 37.3 Å². The van der Waals surface area contributed by atoms with Crippen molar-refractivity contribution in [1.29, 1.82) is 5.26 Å². The van der Waals surface area contributed by atoms with Gasteiger partial charge < -0.3 is 10.1 Å². The van der Waals surface area contributed by atoms with E-state index in [1.165, 1.54) is 11.3 Å². The fourth-order valence-corrected chi connectivity index (χ4v) is 3.71. The summed E-state index contributed by atoms with van der Waals surface area (Å²) in [7, 11) is 0. The molecule has 0 aliphatic rings. The maximum Gasteiger partial charge on any atom is 0.341 e. The number of anilines is 1. The van der Waals surface area contributed by atoms with Crippen molar-refractivity contribution in [3.63, 3.8) is 0 Å². The van der Waals surface area contributed by atoms with Gasteiger partial charge >= 0.3 is 5.97 Å². The zero-order valence-corrected chi connectivity index (χ0v) is 16.1. The Balaban J connectivity index is 1.82. The highest BCUT2D eigenvalue weighted by atomic mass is 32.1. The van der Waals surface area contributed by atoms with Crippen molar-refractivity contribution in [3.05, 3.63) is 77.4 Å². The van der Waals surface area contributed by atoms with Crippen LogP contribution in [0.1, 0.15) is 28.4 Å². The number of nitrogens with zero attached hydrogens (tertiary/aromatic N) is 1. The number of carbonyl (C=O) groups excluding carboxylic acids is 2. The van der Waals surface area contributed by atoms with Gasteiger partial charge in [-0.15, -0.1) is 11.3 Å². The Labute approximate surface area is 167 Å². The van der Waals surface area contributed by atoms with Crippen LogP contribution >= 0.6 is 11.3 Å². The fraction of sp³-hybridized carbons (Fsp3) is 0.136. The summed E-state index contributed by atoms with van der Waals surface area (Å²) >= 11 is 1.34. The van der Waals surface area contributed by atoms with Gasteiger partial charge in [-0.1, -0.05) is 42.5 Å². The summed E-state index contributed by atoms with van der Waals surface area (Å²) in [5.74, 6) is -0.702. The predicted octanol–water partition coefficient (Wildman–Crippen LogP) is 4.64. The van der Waals surface area contributed by atoms with Crippen LogP contribution in [0.3, 0.4) is 0 Å². The monoisotopic (exact) mass is 390 g/mol. The Kier molecular flexibility index (Phi) is 6.20. The highest BCUT2D eigenvalue weighted by Gasteiger charge is 2.20. The molecule has 0 radical (unpaired) electrons. The lowest BCUT2D eigenvalue weighted by molar-refractivity contribution is -0.115. The molecule has 1 heterocycles. The average Bonchev–Trinajstić information content (AvgIpc) is 3.13. The molecule has 0 aliphatic carbocycles. The van der Waals surface area contributed by atoms with Crippen LogP contribution in [-0.2, 0) is 16.0 Å². The van der Waals surface area contributed by atoms with E-state index in [-0.39, 0.29) is 18.9 Å². The van der Waals surface area contributed by atoms with E-state index in [0.29, 0.717) is 16.1 Å². The zero-order valence-electron chi connectivity index (χ0n) is 15.3. The Morgan fingerprint density at radius 1 is 1.11 bits per heavy atom. The third-order valence-corrected chi connectivity index (χ3v) is 5.09. The van der Waals surface area contributed by atoms with Crippen LogP contribution in [0, 0.1) is 11.3 Å². The molecule has 0 saturated carbocycles. The fourth-order valence-electron chi connectivity index (χ4n) is 2.64. The number of hydrogen-bond acceptors (Lipinski definition) is 5. The Morgan fingerprint density at radius 2 is 1.82 bits per heavy atom. The van der Waals surface area contributed by atoms with Crippen molar-refractivity contribution < 1.29 is 14.3 Å². The molecule has 3 rings (SSSR count). The highest BCUT2D eigenvalue weighted by Crippen LogP contribution is 2.36. The van der Waals surface area contributed by atoms with Crippen LogP contribution in [0.5, 0.6) is 0 Å². The molecular formula is C22H18N2O3S. The van der Waals surface area contributed by atoms with Crippen LogP contribution in [0.15, 0.2) is 60.7 Å². The molecule has 2 aromatic carbocycles. The second-order valence-corrected chi connectivity index (χ2v) is 7.03. The number of ether oxygens (including phenoxy) is 1.